The summed E-state index contributed by atoms with van der Waals surface area (Å²) in [4.78, 5) is 21.5. The molecular weight excluding hydrogens is 461 g/mol. The number of nitrogens with zero attached hydrogens (tertiary/aromatic N) is 2. The minimum atomic E-state index is -1.06. The van der Waals surface area contributed by atoms with Crippen molar-refractivity contribution in [2.45, 2.75) is 31.5 Å². The third-order valence-corrected chi connectivity index (χ3v) is 5.97. The van der Waals surface area contributed by atoms with E-state index in [1.165, 1.54) is 18.2 Å². The second-order valence-corrected chi connectivity index (χ2v) is 8.35. The van der Waals surface area contributed by atoms with E-state index in [-0.39, 0.29) is 28.4 Å². The number of ether oxygens (including phenoxy) is 1. The number of aliphatic hydroxyl groups is 1. The van der Waals surface area contributed by atoms with Gasteiger partial charge in [-0.15, -0.1) is 0 Å². The fourth-order valence-corrected chi connectivity index (χ4v) is 4.09. The molecule has 0 saturated carbocycles. The minimum absolute atomic E-state index is 0.0601. The zero-order valence-electron chi connectivity index (χ0n) is 18.8. The van der Waals surface area contributed by atoms with Gasteiger partial charge in [0.15, 0.2) is 0 Å². The Kier molecular flexibility index (Phi) is 7.62. The van der Waals surface area contributed by atoms with Gasteiger partial charge in [0.25, 0.3) is 5.91 Å². The lowest BCUT2D eigenvalue weighted by molar-refractivity contribution is 0.0844. The van der Waals surface area contributed by atoms with Crippen LogP contribution in [0, 0.1) is 11.6 Å². The van der Waals surface area contributed by atoms with E-state index in [2.05, 4.69) is 15.3 Å². The average Bonchev–Trinajstić information content (AvgIpc) is 2.87. The van der Waals surface area contributed by atoms with Gasteiger partial charge in [0.1, 0.15) is 29.8 Å². The number of anilines is 1. The molecule has 2 aromatic carbocycles. The summed E-state index contributed by atoms with van der Waals surface area (Å²) in [5.41, 5.74) is 7.34. The molecule has 1 aromatic heterocycles. The lowest BCUT2D eigenvalue weighted by Crippen LogP contribution is -2.31. The molecule has 2 heterocycles. The van der Waals surface area contributed by atoms with Gasteiger partial charge in [0.2, 0.25) is 0 Å². The lowest BCUT2D eigenvalue weighted by Gasteiger charge is -2.22. The van der Waals surface area contributed by atoms with Crippen molar-refractivity contribution < 1.29 is 27.8 Å². The Balaban J connectivity index is 1.56. The van der Waals surface area contributed by atoms with E-state index in [1.54, 1.807) is 6.20 Å². The van der Waals surface area contributed by atoms with Gasteiger partial charge >= 0.3 is 0 Å². The summed E-state index contributed by atoms with van der Waals surface area (Å²) in [6.45, 7) is -0.242. The Hall–Kier alpha value is -3.50. The van der Waals surface area contributed by atoms with E-state index in [1.807, 2.05) is 0 Å². The smallest absolute Gasteiger partial charge is 0.254 e. The van der Waals surface area contributed by atoms with Crippen molar-refractivity contribution in [2.24, 2.45) is 0 Å². The van der Waals surface area contributed by atoms with E-state index in [4.69, 9.17) is 10.5 Å². The number of rotatable bonds is 7. The summed E-state index contributed by atoms with van der Waals surface area (Å²) < 4.78 is 47.1. The monoisotopic (exact) mass is 486 g/mol. The maximum atomic E-state index is 15.0. The first kappa shape index (κ1) is 24.6. The number of nitrogens with one attached hydrogen (secondary N) is 1. The van der Waals surface area contributed by atoms with Crippen LogP contribution in [0.5, 0.6) is 0 Å². The number of halogens is 3. The number of hydrogen-bond acceptors (Lipinski definition) is 6. The molecule has 0 spiro atoms. The highest BCUT2D eigenvalue weighted by Gasteiger charge is 2.22. The summed E-state index contributed by atoms with van der Waals surface area (Å²) >= 11 is 0. The number of alkyl halides is 1. The van der Waals surface area contributed by atoms with Crippen molar-refractivity contribution in [1.82, 2.24) is 15.3 Å². The molecule has 0 radical (unpaired) electrons. The molecule has 7 nitrogen and oxygen atoms in total. The first-order valence-corrected chi connectivity index (χ1v) is 11.2. The highest BCUT2D eigenvalue weighted by atomic mass is 19.1. The van der Waals surface area contributed by atoms with Crippen molar-refractivity contribution in [2.75, 3.05) is 25.6 Å². The number of aliphatic hydroxyl groups excluding tert-OH is 1. The fraction of sp³-hybridized carbons (Fsp3) is 0.320. The Morgan fingerprint density at radius 1 is 1.20 bits per heavy atom. The van der Waals surface area contributed by atoms with Crippen LogP contribution < -0.4 is 11.1 Å². The minimum Gasteiger partial charge on any atom is -0.394 e. The highest BCUT2D eigenvalue weighted by molar-refractivity contribution is 5.95. The molecule has 10 heteroatoms. The molecule has 1 saturated heterocycles. The zero-order valence-corrected chi connectivity index (χ0v) is 18.8. The van der Waals surface area contributed by atoms with Crippen LogP contribution in [-0.4, -0.2) is 40.8 Å². The van der Waals surface area contributed by atoms with Crippen LogP contribution in [0.1, 0.15) is 52.0 Å². The van der Waals surface area contributed by atoms with Crippen molar-refractivity contribution in [3.05, 3.63) is 76.6 Å². The van der Waals surface area contributed by atoms with Crippen LogP contribution in [-0.2, 0) is 11.4 Å². The predicted octanol–water partition coefficient (Wildman–Crippen LogP) is 3.83. The predicted molar refractivity (Wildman–Crippen MR) is 123 cm³/mol. The van der Waals surface area contributed by atoms with Crippen molar-refractivity contribution in [3.63, 3.8) is 0 Å². The number of nitrogen functional groups attached to an aromatic ring is 1. The zero-order chi connectivity index (χ0) is 24.9. The molecule has 1 amide bonds. The fourth-order valence-electron chi connectivity index (χ4n) is 4.09. The molecule has 184 valence electrons. The van der Waals surface area contributed by atoms with E-state index in [9.17, 15) is 23.1 Å². The van der Waals surface area contributed by atoms with Gasteiger partial charge in [-0.1, -0.05) is 12.1 Å². The van der Waals surface area contributed by atoms with Crippen molar-refractivity contribution in [1.29, 1.82) is 0 Å². The Bertz CT molecular complexity index is 1220. The number of hydrogen-bond donors (Lipinski definition) is 3. The van der Waals surface area contributed by atoms with Crippen LogP contribution in [0.15, 0.2) is 42.6 Å². The topological polar surface area (TPSA) is 110 Å². The van der Waals surface area contributed by atoms with E-state index >= 15 is 0 Å². The van der Waals surface area contributed by atoms with Crippen LogP contribution >= 0.6 is 0 Å². The quantitative estimate of drug-likeness (QED) is 0.468. The largest absolute Gasteiger partial charge is 0.394 e. The van der Waals surface area contributed by atoms with Crippen molar-refractivity contribution >= 4 is 11.7 Å². The van der Waals surface area contributed by atoms with Gasteiger partial charge in [-0.3, -0.25) is 4.79 Å². The number of benzene rings is 2. The first-order valence-electron chi connectivity index (χ1n) is 11.2. The molecule has 0 aliphatic carbocycles. The molecule has 1 unspecified atom stereocenters. The summed E-state index contributed by atoms with van der Waals surface area (Å²) in [6.07, 6.45) is 3.22. The van der Waals surface area contributed by atoms with E-state index in [0.29, 0.717) is 24.5 Å². The normalized spacial score (nSPS) is 15.1. The number of amides is 1. The molecule has 4 N–H and O–H groups in total. The standard InChI is InChI=1S/C25H25F3N4O3/c26-11-14-7-17(9-18(27)8-14)22(13-33)32-25(34)19-2-1-16(10-20(19)28)23-24(29)30-12-21(31-23)15-3-5-35-6-4-15/h1-2,7-10,12,15,22,33H,3-6,11,13H2,(H2,29,30)(H,32,34). The molecule has 1 fully saturated rings. The summed E-state index contributed by atoms with van der Waals surface area (Å²) in [6, 6.07) is 6.28. The van der Waals surface area contributed by atoms with Crippen LogP contribution in [0.4, 0.5) is 19.0 Å². The van der Waals surface area contributed by atoms with Gasteiger partial charge in [0, 0.05) is 24.7 Å². The SMILES string of the molecule is Nc1ncc(C2CCOCC2)nc1-c1ccc(C(=O)NC(CO)c2cc(F)cc(CF)c2)c(F)c1. The average molecular weight is 486 g/mol. The van der Waals surface area contributed by atoms with Gasteiger partial charge in [-0.25, -0.2) is 23.1 Å². The summed E-state index contributed by atoms with van der Waals surface area (Å²) in [5.74, 6) is -2.07. The van der Waals surface area contributed by atoms with Crippen LogP contribution in [0.3, 0.4) is 0 Å². The Morgan fingerprint density at radius 3 is 2.66 bits per heavy atom. The number of carbonyl (C=O) groups is 1. The third-order valence-electron chi connectivity index (χ3n) is 5.97. The molecule has 1 aliphatic heterocycles. The number of aromatic nitrogens is 2. The molecular formula is C25H25F3N4O3. The van der Waals surface area contributed by atoms with Gasteiger partial charge < -0.3 is 20.9 Å². The van der Waals surface area contributed by atoms with Crippen LogP contribution in [0.2, 0.25) is 0 Å². The van der Waals surface area contributed by atoms with Crippen LogP contribution in [0.25, 0.3) is 11.3 Å². The van der Waals surface area contributed by atoms with Gasteiger partial charge in [-0.2, -0.15) is 0 Å². The van der Waals surface area contributed by atoms with Gasteiger partial charge in [0.05, 0.1) is 30.1 Å². The molecule has 4 rings (SSSR count). The molecule has 3 aromatic rings. The molecule has 0 bridgehead atoms. The van der Waals surface area contributed by atoms with Gasteiger partial charge in [-0.05, 0) is 48.2 Å². The Labute approximate surface area is 200 Å². The molecule has 1 atom stereocenters. The molecule has 1 aliphatic rings. The maximum absolute atomic E-state index is 15.0. The third kappa shape index (κ3) is 5.60. The second kappa shape index (κ2) is 10.8. The van der Waals surface area contributed by atoms with E-state index < -0.39 is 36.9 Å². The highest BCUT2D eigenvalue weighted by Crippen LogP contribution is 2.30. The number of carbonyl (C=O) groups excluding carboxylic acids is 1. The van der Waals surface area contributed by atoms with Crippen molar-refractivity contribution in [3.8, 4) is 11.3 Å². The maximum Gasteiger partial charge on any atom is 0.254 e. The summed E-state index contributed by atoms with van der Waals surface area (Å²) in [5, 5.41) is 12.2. The lowest BCUT2D eigenvalue weighted by atomic mass is 9.96. The first-order chi connectivity index (χ1) is 16.9. The van der Waals surface area contributed by atoms with E-state index in [0.717, 1.165) is 36.7 Å². The summed E-state index contributed by atoms with van der Waals surface area (Å²) in [7, 11) is 0. The second-order valence-electron chi connectivity index (χ2n) is 8.35. The molecule has 35 heavy (non-hydrogen) atoms. The number of nitrogens with two attached hydrogens (primary N) is 1. The Morgan fingerprint density at radius 2 is 1.97 bits per heavy atom.